The van der Waals surface area contributed by atoms with E-state index in [0.29, 0.717) is 0 Å². The van der Waals surface area contributed by atoms with Crippen LogP contribution >= 0.6 is 27.7 Å². The highest BCUT2D eigenvalue weighted by Crippen LogP contribution is 2.03. The molecule has 0 radical (unpaired) electrons. The van der Waals surface area contributed by atoms with Gasteiger partial charge in [-0.25, -0.2) is 0 Å². The minimum atomic E-state index is -0.0911. The van der Waals surface area contributed by atoms with Crippen molar-refractivity contribution in [3.8, 4) is 0 Å². The highest BCUT2D eigenvalue weighted by molar-refractivity contribution is 9.10. The molecular formula is C8H16BrNOS. The maximum atomic E-state index is 11.1. The number of halogens is 1. The molecule has 72 valence electrons. The van der Waals surface area contributed by atoms with Gasteiger partial charge < -0.3 is 5.32 Å². The molecule has 2 atom stereocenters. The second kappa shape index (κ2) is 6.78. The van der Waals surface area contributed by atoms with Crippen LogP contribution in [0, 0.1) is 0 Å². The van der Waals surface area contributed by atoms with E-state index in [9.17, 15) is 4.79 Å². The van der Waals surface area contributed by atoms with Gasteiger partial charge in [-0.1, -0.05) is 22.9 Å². The number of carbonyl (C=O) groups is 1. The van der Waals surface area contributed by atoms with Crippen LogP contribution in [0.5, 0.6) is 0 Å². The minimum Gasteiger partial charge on any atom is -0.352 e. The van der Waals surface area contributed by atoms with Gasteiger partial charge in [-0.2, -0.15) is 11.8 Å². The summed E-state index contributed by atoms with van der Waals surface area (Å²) in [6, 6.07) is 0.266. The van der Waals surface area contributed by atoms with Gasteiger partial charge in [0.05, 0.1) is 4.83 Å². The Morgan fingerprint density at radius 3 is 2.58 bits per heavy atom. The van der Waals surface area contributed by atoms with Crippen LogP contribution in [-0.4, -0.2) is 28.3 Å². The van der Waals surface area contributed by atoms with Crippen LogP contribution < -0.4 is 5.32 Å². The van der Waals surface area contributed by atoms with Gasteiger partial charge >= 0.3 is 0 Å². The molecule has 0 rings (SSSR count). The number of carbonyl (C=O) groups excluding carboxylic acids is 1. The molecule has 0 aliphatic carbocycles. The monoisotopic (exact) mass is 253 g/mol. The Morgan fingerprint density at radius 2 is 2.17 bits per heavy atom. The summed E-state index contributed by atoms with van der Waals surface area (Å²) in [7, 11) is 0. The lowest BCUT2D eigenvalue weighted by molar-refractivity contribution is -0.120. The Labute approximate surface area is 87.0 Å². The number of hydrogen-bond acceptors (Lipinski definition) is 2. The van der Waals surface area contributed by atoms with Crippen LogP contribution in [0.3, 0.4) is 0 Å². The Bertz CT molecular complexity index is 141. The van der Waals surface area contributed by atoms with Gasteiger partial charge in [0, 0.05) is 11.8 Å². The largest absolute Gasteiger partial charge is 0.352 e. The zero-order valence-electron chi connectivity index (χ0n) is 7.76. The fourth-order valence-corrected chi connectivity index (χ4v) is 1.50. The van der Waals surface area contributed by atoms with Gasteiger partial charge in [0.1, 0.15) is 0 Å². The fourth-order valence-electron chi connectivity index (χ4n) is 0.694. The SMILES string of the molecule is CCSCC(C)NC(=O)C(C)Br. The summed E-state index contributed by atoms with van der Waals surface area (Å²) >= 11 is 5.06. The standard InChI is InChI=1S/C8H16BrNOS/c1-4-12-5-6(2)10-8(11)7(3)9/h6-7H,4-5H2,1-3H3,(H,10,11). The molecule has 1 amide bonds. The van der Waals surface area contributed by atoms with Gasteiger partial charge in [0.25, 0.3) is 0 Å². The van der Waals surface area contributed by atoms with Crippen LogP contribution in [-0.2, 0) is 4.79 Å². The summed E-state index contributed by atoms with van der Waals surface area (Å²) in [4.78, 5) is 11.1. The predicted octanol–water partition coefficient (Wildman–Crippen LogP) is 2.03. The van der Waals surface area contributed by atoms with E-state index in [-0.39, 0.29) is 16.8 Å². The first-order chi connectivity index (χ1) is 5.57. The highest BCUT2D eigenvalue weighted by atomic mass is 79.9. The molecule has 0 spiro atoms. The van der Waals surface area contributed by atoms with Crippen molar-refractivity contribution in [2.45, 2.75) is 31.6 Å². The van der Waals surface area contributed by atoms with Crippen LogP contribution in [0.15, 0.2) is 0 Å². The molecule has 1 N–H and O–H groups in total. The molecular weight excluding hydrogens is 238 g/mol. The molecule has 0 aromatic rings. The molecule has 0 aromatic heterocycles. The van der Waals surface area contributed by atoms with Crippen molar-refractivity contribution >= 4 is 33.6 Å². The van der Waals surface area contributed by atoms with Crippen molar-refractivity contribution in [3.63, 3.8) is 0 Å². The van der Waals surface area contributed by atoms with E-state index >= 15 is 0 Å². The lowest BCUT2D eigenvalue weighted by Crippen LogP contribution is -2.38. The lowest BCUT2D eigenvalue weighted by Gasteiger charge is -2.13. The summed E-state index contributed by atoms with van der Waals surface area (Å²) in [6.45, 7) is 5.97. The number of nitrogens with one attached hydrogen (secondary N) is 1. The third-order valence-corrected chi connectivity index (χ3v) is 2.88. The van der Waals surface area contributed by atoms with E-state index in [4.69, 9.17) is 0 Å². The molecule has 0 saturated carbocycles. The predicted molar refractivity (Wildman–Crippen MR) is 59.0 cm³/mol. The minimum absolute atomic E-state index is 0.0687. The maximum absolute atomic E-state index is 11.1. The fraction of sp³-hybridized carbons (Fsp3) is 0.875. The molecule has 0 fully saturated rings. The van der Waals surface area contributed by atoms with Crippen LogP contribution in [0.2, 0.25) is 0 Å². The van der Waals surface area contributed by atoms with Gasteiger partial charge in [-0.3, -0.25) is 4.79 Å². The average Bonchev–Trinajstić information content (AvgIpc) is 2.00. The zero-order chi connectivity index (χ0) is 9.56. The molecule has 2 nitrogen and oxygen atoms in total. The van der Waals surface area contributed by atoms with Gasteiger partial charge in [-0.05, 0) is 19.6 Å². The first-order valence-corrected chi connectivity index (χ1v) is 6.17. The summed E-state index contributed by atoms with van der Waals surface area (Å²) in [5, 5.41) is 2.91. The van der Waals surface area contributed by atoms with Crippen LogP contribution in [0.1, 0.15) is 20.8 Å². The van der Waals surface area contributed by atoms with Crippen molar-refractivity contribution < 1.29 is 4.79 Å². The second-order valence-electron chi connectivity index (χ2n) is 2.69. The molecule has 0 heterocycles. The van der Waals surface area contributed by atoms with Gasteiger partial charge in [0.2, 0.25) is 5.91 Å². The smallest absolute Gasteiger partial charge is 0.233 e. The van der Waals surface area contributed by atoms with E-state index in [2.05, 4.69) is 28.2 Å². The Kier molecular flexibility index (Phi) is 6.95. The Hall–Kier alpha value is 0.300. The Balaban J connectivity index is 3.54. The van der Waals surface area contributed by atoms with E-state index in [1.54, 1.807) is 0 Å². The average molecular weight is 254 g/mol. The normalized spacial score (nSPS) is 15.3. The summed E-state index contributed by atoms with van der Waals surface area (Å²) in [6.07, 6.45) is 0. The van der Waals surface area contributed by atoms with Crippen molar-refractivity contribution in [2.24, 2.45) is 0 Å². The molecule has 2 unspecified atom stereocenters. The molecule has 0 aliphatic heterocycles. The van der Waals surface area contributed by atoms with E-state index in [1.165, 1.54) is 0 Å². The maximum Gasteiger partial charge on any atom is 0.233 e. The second-order valence-corrected chi connectivity index (χ2v) is 5.38. The topological polar surface area (TPSA) is 29.1 Å². The van der Waals surface area contributed by atoms with Crippen molar-refractivity contribution in [1.82, 2.24) is 5.32 Å². The van der Waals surface area contributed by atoms with E-state index < -0.39 is 0 Å². The van der Waals surface area contributed by atoms with Crippen molar-refractivity contribution in [3.05, 3.63) is 0 Å². The van der Waals surface area contributed by atoms with E-state index in [1.807, 2.05) is 25.6 Å². The molecule has 4 heteroatoms. The number of hydrogen-bond donors (Lipinski definition) is 1. The summed E-state index contributed by atoms with van der Waals surface area (Å²) in [5.41, 5.74) is 0. The van der Waals surface area contributed by atoms with E-state index in [0.717, 1.165) is 11.5 Å². The molecule has 12 heavy (non-hydrogen) atoms. The number of alkyl halides is 1. The molecule has 0 aliphatic rings. The molecule has 0 saturated heterocycles. The lowest BCUT2D eigenvalue weighted by atomic mass is 10.3. The summed E-state index contributed by atoms with van der Waals surface area (Å²) in [5.74, 6) is 2.16. The molecule has 0 bridgehead atoms. The van der Waals surface area contributed by atoms with Crippen molar-refractivity contribution in [1.29, 1.82) is 0 Å². The highest BCUT2D eigenvalue weighted by Gasteiger charge is 2.11. The number of amides is 1. The van der Waals surface area contributed by atoms with Gasteiger partial charge in [-0.15, -0.1) is 0 Å². The number of thioether (sulfide) groups is 1. The quantitative estimate of drug-likeness (QED) is 0.760. The zero-order valence-corrected chi connectivity index (χ0v) is 10.2. The van der Waals surface area contributed by atoms with Gasteiger partial charge in [0.15, 0.2) is 0 Å². The molecule has 0 aromatic carbocycles. The van der Waals surface area contributed by atoms with Crippen LogP contribution in [0.25, 0.3) is 0 Å². The first-order valence-electron chi connectivity index (χ1n) is 4.10. The van der Waals surface area contributed by atoms with Crippen LogP contribution in [0.4, 0.5) is 0 Å². The third-order valence-electron chi connectivity index (χ3n) is 1.32. The van der Waals surface area contributed by atoms with Crippen molar-refractivity contribution in [2.75, 3.05) is 11.5 Å². The summed E-state index contributed by atoms with van der Waals surface area (Å²) < 4.78 is 0. The number of rotatable bonds is 5. The third kappa shape index (κ3) is 5.89. The first kappa shape index (κ1) is 12.3. The Morgan fingerprint density at radius 1 is 1.58 bits per heavy atom.